The summed E-state index contributed by atoms with van der Waals surface area (Å²) in [5.74, 6) is -0.227. The minimum atomic E-state index is -0.394. The van der Waals surface area contributed by atoms with E-state index < -0.39 is 5.97 Å². The van der Waals surface area contributed by atoms with Crippen molar-refractivity contribution in [3.63, 3.8) is 0 Å². The number of anilines is 1. The van der Waals surface area contributed by atoms with Crippen LogP contribution in [-0.4, -0.2) is 24.2 Å². The lowest BCUT2D eigenvalue weighted by Crippen LogP contribution is -2.15. The Balaban J connectivity index is 2.02. The van der Waals surface area contributed by atoms with E-state index in [-0.39, 0.29) is 5.91 Å². The Morgan fingerprint density at radius 1 is 1.22 bits per heavy atom. The fraction of sp³-hybridized carbons (Fsp3) is 0.294. The summed E-state index contributed by atoms with van der Waals surface area (Å²) in [5.41, 5.74) is 0.437. The van der Waals surface area contributed by atoms with Gasteiger partial charge in [0.05, 0.1) is 17.9 Å². The minimum Gasteiger partial charge on any atom is -0.462 e. The van der Waals surface area contributed by atoms with Gasteiger partial charge >= 0.3 is 5.97 Å². The number of carbonyl (C=O) groups excluding carboxylic acids is 2. The first-order valence-corrected chi connectivity index (χ1v) is 9.21. The predicted octanol–water partition coefficient (Wildman–Crippen LogP) is 4.22. The molecular weight excluding hydrogens is 330 g/mol. The van der Waals surface area contributed by atoms with Crippen LogP contribution < -0.4 is 5.32 Å². The average molecular weight is 349 g/mol. The van der Waals surface area contributed by atoms with Crippen molar-refractivity contribution in [1.82, 2.24) is 0 Å². The van der Waals surface area contributed by atoms with Crippen LogP contribution in [0.5, 0.6) is 0 Å². The van der Waals surface area contributed by atoms with Crippen LogP contribution in [0.2, 0.25) is 0 Å². The third kappa shape index (κ3) is 5.11. The third-order valence-electron chi connectivity index (χ3n) is 2.99. The van der Waals surface area contributed by atoms with E-state index >= 15 is 0 Å². The second-order valence-corrected chi connectivity index (χ2v) is 6.86. The predicted molar refractivity (Wildman–Crippen MR) is 95.4 cm³/mol. The molecule has 1 aromatic heterocycles. The number of thioether (sulfide) groups is 1. The summed E-state index contributed by atoms with van der Waals surface area (Å²) in [7, 11) is 0. The van der Waals surface area contributed by atoms with E-state index in [1.807, 2.05) is 37.3 Å². The second-order valence-electron chi connectivity index (χ2n) is 4.68. The van der Waals surface area contributed by atoms with Gasteiger partial charge in [-0.2, -0.15) is 0 Å². The van der Waals surface area contributed by atoms with Gasteiger partial charge in [0.1, 0.15) is 5.00 Å². The van der Waals surface area contributed by atoms with Gasteiger partial charge in [-0.3, -0.25) is 4.79 Å². The van der Waals surface area contributed by atoms with Crippen LogP contribution in [0, 0.1) is 0 Å². The summed E-state index contributed by atoms with van der Waals surface area (Å²) >= 11 is 2.88. The minimum absolute atomic E-state index is 0.131. The molecule has 2 rings (SSSR count). The number of thiophene rings is 1. The topological polar surface area (TPSA) is 55.4 Å². The quantitative estimate of drug-likeness (QED) is 0.601. The van der Waals surface area contributed by atoms with E-state index in [0.29, 0.717) is 22.9 Å². The van der Waals surface area contributed by atoms with Gasteiger partial charge in [-0.1, -0.05) is 25.1 Å². The molecule has 1 aromatic carbocycles. The molecule has 2 aromatic rings. The monoisotopic (exact) mass is 349 g/mol. The number of nitrogens with one attached hydrogen (secondary N) is 1. The SMILES string of the molecule is CCOC(=O)c1cc(CC)sc1NC(=O)CSc1ccccc1. The highest BCUT2D eigenvalue weighted by Gasteiger charge is 2.18. The van der Waals surface area contributed by atoms with Gasteiger partial charge in [0.25, 0.3) is 0 Å². The molecule has 0 unspecified atom stereocenters. The van der Waals surface area contributed by atoms with Gasteiger partial charge < -0.3 is 10.1 Å². The molecule has 0 atom stereocenters. The van der Waals surface area contributed by atoms with Crippen LogP contribution in [-0.2, 0) is 16.0 Å². The molecule has 0 aliphatic heterocycles. The molecular formula is C17H19NO3S2. The molecule has 0 aliphatic carbocycles. The number of benzene rings is 1. The molecule has 0 radical (unpaired) electrons. The highest BCUT2D eigenvalue weighted by Crippen LogP contribution is 2.29. The smallest absolute Gasteiger partial charge is 0.341 e. The summed E-state index contributed by atoms with van der Waals surface area (Å²) in [6, 6.07) is 11.5. The van der Waals surface area contributed by atoms with Crippen LogP contribution in [0.15, 0.2) is 41.3 Å². The first kappa shape index (κ1) is 17.6. The first-order valence-electron chi connectivity index (χ1n) is 7.41. The zero-order valence-corrected chi connectivity index (χ0v) is 14.8. The Morgan fingerprint density at radius 2 is 1.96 bits per heavy atom. The van der Waals surface area contributed by atoms with Gasteiger partial charge in [-0.15, -0.1) is 23.1 Å². The zero-order valence-electron chi connectivity index (χ0n) is 13.1. The van der Waals surface area contributed by atoms with Crippen LogP contribution in [0.4, 0.5) is 5.00 Å². The highest BCUT2D eigenvalue weighted by molar-refractivity contribution is 8.00. The number of hydrogen-bond acceptors (Lipinski definition) is 5. The molecule has 6 heteroatoms. The van der Waals surface area contributed by atoms with Crippen molar-refractivity contribution in [2.24, 2.45) is 0 Å². The molecule has 0 saturated carbocycles. The molecule has 0 saturated heterocycles. The molecule has 0 fully saturated rings. The first-order chi connectivity index (χ1) is 11.1. The lowest BCUT2D eigenvalue weighted by atomic mass is 10.2. The molecule has 4 nitrogen and oxygen atoms in total. The Hall–Kier alpha value is -1.79. The molecule has 1 heterocycles. The largest absolute Gasteiger partial charge is 0.462 e. The van der Waals surface area contributed by atoms with Gasteiger partial charge in [0.15, 0.2) is 0 Å². The van der Waals surface area contributed by atoms with E-state index in [2.05, 4.69) is 5.32 Å². The Kier molecular flexibility index (Phi) is 6.67. The number of hydrogen-bond donors (Lipinski definition) is 1. The number of ether oxygens (including phenoxy) is 1. The van der Waals surface area contributed by atoms with Gasteiger partial charge in [0, 0.05) is 9.77 Å². The van der Waals surface area contributed by atoms with E-state index in [0.717, 1.165) is 16.2 Å². The highest BCUT2D eigenvalue weighted by atomic mass is 32.2. The molecule has 122 valence electrons. The van der Waals surface area contributed by atoms with Crippen LogP contribution in [0.3, 0.4) is 0 Å². The normalized spacial score (nSPS) is 10.3. The molecule has 1 amide bonds. The maximum atomic E-state index is 12.1. The lowest BCUT2D eigenvalue weighted by Gasteiger charge is -2.06. The summed E-state index contributed by atoms with van der Waals surface area (Å²) < 4.78 is 5.05. The maximum Gasteiger partial charge on any atom is 0.341 e. The number of esters is 1. The molecule has 0 spiro atoms. The molecule has 1 N–H and O–H groups in total. The van der Waals surface area contributed by atoms with Crippen LogP contribution in [0.25, 0.3) is 0 Å². The Bertz CT molecular complexity index is 668. The number of rotatable bonds is 7. The van der Waals surface area contributed by atoms with Crippen molar-refractivity contribution in [3.05, 3.63) is 46.8 Å². The van der Waals surface area contributed by atoms with E-state index in [4.69, 9.17) is 4.74 Å². The van der Waals surface area contributed by atoms with Crippen molar-refractivity contribution in [3.8, 4) is 0 Å². The van der Waals surface area contributed by atoms with Gasteiger partial charge in [0.2, 0.25) is 5.91 Å². The summed E-state index contributed by atoms with van der Waals surface area (Å²) in [6.45, 7) is 4.09. The standard InChI is InChI=1S/C17H19NO3S2/c1-3-12-10-14(17(20)21-4-2)16(23-12)18-15(19)11-22-13-8-6-5-7-9-13/h5-10H,3-4,11H2,1-2H3,(H,18,19). The maximum absolute atomic E-state index is 12.1. The van der Waals surface area contributed by atoms with Crippen molar-refractivity contribution in [2.75, 3.05) is 17.7 Å². The fourth-order valence-electron chi connectivity index (χ4n) is 1.90. The van der Waals surface area contributed by atoms with Crippen molar-refractivity contribution in [1.29, 1.82) is 0 Å². The number of carbonyl (C=O) groups is 2. The summed E-state index contributed by atoms with van der Waals surface area (Å²) in [5, 5.41) is 3.40. The van der Waals surface area contributed by atoms with E-state index in [1.165, 1.54) is 23.1 Å². The summed E-state index contributed by atoms with van der Waals surface area (Å²) in [6.07, 6.45) is 0.811. The van der Waals surface area contributed by atoms with Gasteiger partial charge in [-0.05, 0) is 31.5 Å². The van der Waals surface area contributed by atoms with Crippen LogP contribution in [0.1, 0.15) is 29.1 Å². The van der Waals surface area contributed by atoms with Crippen LogP contribution >= 0.6 is 23.1 Å². The Labute approximate surface area is 144 Å². The summed E-state index contributed by atoms with van der Waals surface area (Å²) in [4.78, 5) is 26.2. The van der Waals surface area contributed by atoms with E-state index in [1.54, 1.807) is 13.0 Å². The Morgan fingerprint density at radius 3 is 2.61 bits per heavy atom. The van der Waals surface area contributed by atoms with Crippen molar-refractivity contribution in [2.45, 2.75) is 25.2 Å². The zero-order chi connectivity index (χ0) is 16.7. The fourth-order valence-corrected chi connectivity index (χ4v) is 3.62. The molecule has 23 heavy (non-hydrogen) atoms. The van der Waals surface area contributed by atoms with Gasteiger partial charge in [-0.25, -0.2) is 4.79 Å². The van der Waals surface area contributed by atoms with E-state index in [9.17, 15) is 9.59 Å². The number of aryl methyl sites for hydroxylation is 1. The van der Waals surface area contributed by atoms with Crippen molar-refractivity contribution < 1.29 is 14.3 Å². The number of amides is 1. The lowest BCUT2D eigenvalue weighted by molar-refractivity contribution is -0.113. The molecule has 0 bridgehead atoms. The van der Waals surface area contributed by atoms with Crippen molar-refractivity contribution >= 4 is 40.0 Å². The molecule has 0 aliphatic rings. The second kappa shape index (κ2) is 8.74. The third-order valence-corrected chi connectivity index (χ3v) is 5.20. The average Bonchev–Trinajstić information content (AvgIpc) is 2.97.